The Morgan fingerprint density at radius 1 is 1.00 bits per heavy atom. The van der Waals surface area contributed by atoms with E-state index in [0.29, 0.717) is 6.04 Å². The van der Waals surface area contributed by atoms with E-state index < -0.39 is 0 Å². The van der Waals surface area contributed by atoms with E-state index in [9.17, 15) is 4.79 Å². The van der Waals surface area contributed by atoms with E-state index in [1.54, 1.807) is 0 Å². The summed E-state index contributed by atoms with van der Waals surface area (Å²) in [5.41, 5.74) is 1.62. The maximum atomic E-state index is 11.2. The van der Waals surface area contributed by atoms with Crippen molar-refractivity contribution in [1.82, 2.24) is 9.97 Å². The number of rotatable bonds is 5. The number of nitrogens with one attached hydrogen (secondary N) is 3. The topological polar surface area (TPSA) is 78.9 Å². The largest absolute Gasteiger partial charge is 0.367 e. The lowest BCUT2D eigenvalue weighted by Gasteiger charge is -2.18. The van der Waals surface area contributed by atoms with Gasteiger partial charge in [-0.05, 0) is 38.0 Å². The van der Waals surface area contributed by atoms with E-state index in [2.05, 4.69) is 25.9 Å². The molecule has 0 saturated heterocycles. The molecule has 1 aliphatic rings. The van der Waals surface area contributed by atoms with Gasteiger partial charge in [0.05, 0.1) is 0 Å². The van der Waals surface area contributed by atoms with Gasteiger partial charge in [-0.15, -0.1) is 0 Å². The smallest absolute Gasteiger partial charge is 0.221 e. The van der Waals surface area contributed by atoms with E-state index in [0.717, 1.165) is 28.8 Å². The summed E-state index contributed by atoms with van der Waals surface area (Å²) in [5, 5.41) is 9.67. The molecule has 0 aliphatic heterocycles. The van der Waals surface area contributed by atoms with Gasteiger partial charge in [0.1, 0.15) is 17.5 Å². The van der Waals surface area contributed by atoms with Crippen molar-refractivity contribution >= 4 is 28.9 Å². The summed E-state index contributed by atoms with van der Waals surface area (Å²) in [6.07, 6.45) is 7.62. The van der Waals surface area contributed by atoms with Gasteiger partial charge in [0.25, 0.3) is 0 Å². The molecule has 3 N–H and O–H groups in total. The van der Waals surface area contributed by atoms with Gasteiger partial charge >= 0.3 is 0 Å². The van der Waals surface area contributed by atoms with Crippen LogP contribution in [-0.4, -0.2) is 21.9 Å². The Hall–Kier alpha value is -2.63. The van der Waals surface area contributed by atoms with Crippen LogP contribution in [0.1, 0.15) is 51.3 Å². The van der Waals surface area contributed by atoms with Crippen LogP contribution in [0, 0.1) is 6.92 Å². The Bertz CT molecular complexity index is 754. The van der Waals surface area contributed by atoms with Crippen molar-refractivity contribution in [3.05, 3.63) is 36.2 Å². The molecule has 1 heterocycles. The summed E-state index contributed by atoms with van der Waals surface area (Å²) in [4.78, 5) is 20.2. The summed E-state index contributed by atoms with van der Waals surface area (Å²) in [6, 6.07) is 10.0. The standard InChI is InChI=1S/C20H27N5O/c1-14-21-19(24-16-8-5-3-4-6-9-16)13-20(22-14)25-18-11-7-10-17(12-18)23-15(2)26/h7,10-13,16H,3-6,8-9H2,1-2H3,(H,23,26)(H2,21,22,24,25). The molecule has 0 atom stereocenters. The maximum absolute atomic E-state index is 11.2. The summed E-state index contributed by atoms with van der Waals surface area (Å²) in [5.74, 6) is 2.25. The van der Waals surface area contributed by atoms with Crippen LogP contribution in [0.25, 0.3) is 0 Å². The fourth-order valence-corrected chi connectivity index (χ4v) is 3.36. The van der Waals surface area contributed by atoms with Crippen LogP contribution in [0.3, 0.4) is 0 Å². The van der Waals surface area contributed by atoms with Crippen LogP contribution in [0.15, 0.2) is 30.3 Å². The zero-order valence-electron chi connectivity index (χ0n) is 15.5. The molecule has 1 aromatic heterocycles. The number of anilines is 4. The molecule has 1 amide bonds. The Morgan fingerprint density at radius 2 is 1.69 bits per heavy atom. The summed E-state index contributed by atoms with van der Waals surface area (Å²) in [6.45, 7) is 3.40. The molecule has 1 aromatic carbocycles. The van der Waals surface area contributed by atoms with Crippen molar-refractivity contribution in [2.24, 2.45) is 0 Å². The highest BCUT2D eigenvalue weighted by Crippen LogP contribution is 2.23. The number of aromatic nitrogens is 2. The first-order chi connectivity index (χ1) is 12.6. The van der Waals surface area contributed by atoms with Crippen molar-refractivity contribution in [3.63, 3.8) is 0 Å². The number of carbonyl (C=O) groups is 1. The van der Waals surface area contributed by atoms with Gasteiger partial charge in [-0.25, -0.2) is 9.97 Å². The third kappa shape index (κ3) is 5.44. The van der Waals surface area contributed by atoms with Crippen LogP contribution in [0.5, 0.6) is 0 Å². The average Bonchev–Trinajstić information content (AvgIpc) is 2.82. The SMILES string of the molecule is CC(=O)Nc1cccc(Nc2cc(NC3CCCCCC3)nc(C)n2)c1. The van der Waals surface area contributed by atoms with Crippen molar-refractivity contribution in [2.45, 2.75) is 58.4 Å². The van der Waals surface area contributed by atoms with Crippen LogP contribution >= 0.6 is 0 Å². The van der Waals surface area contributed by atoms with Gasteiger partial charge in [0, 0.05) is 30.4 Å². The first-order valence-corrected chi connectivity index (χ1v) is 9.35. The first-order valence-electron chi connectivity index (χ1n) is 9.35. The maximum Gasteiger partial charge on any atom is 0.221 e. The predicted molar refractivity (Wildman–Crippen MR) is 106 cm³/mol. The fraction of sp³-hybridized carbons (Fsp3) is 0.450. The van der Waals surface area contributed by atoms with Gasteiger partial charge in [-0.3, -0.25) is 4.79 Å². The van der Waals surface area contributed by atoms with Gasteiger partial charge in [0.2, 0.25) is 5.91 Å². The van der Waals surface area contributed by atoms with Crippen LogP contribution in [0.4, 0.5) is 23.0 Å². The van der Waals surface area contributed by atoms with Crippen LogP contribution < -0.4 is 16.0 Å². The minimum Gasteiger partial charge on any atom is -0.367 e. The molecular formula is C20H27N5O. The second-order valence-corrected chi connectivity index (χ2v) is 6.91. The third-order valence-electron chi connectivity index (χ3n) is 4.50. The Labute approximate surface area is 154 Å². The van der Waals surface area contributed by atoms with Crippen molar-refractivity contribution in [1.29, 1.82) is 0 Å². The van der Waals surface area contributed by atoms with Crippen molar-refractivity contribution < 1.29 is 4.79 Å². The van der Waals surface area contributed by atoms with Gasteiger partial charge in [-0.2, -0.15) is 0 Å². The molecule has 0 unspecified atom stereocenters. The lowest BCUT2D eigenvalue weighted by Crippen LogP contribution is -2.19. The van der Waals surface area contributed by atoms with Crippen molar-refractivity contribution in [2.75, 3.05) is 16.0 Å². The minimum atomic E-state index is -0.0880. The summed E-state index contributed by atoms with van der Waals surface area (Å²) in [7, 11) is 0. The normalized spacial score (nSPS) is 15.2. The number of benzene rings is 1. The minimum absolute atomic E-state index is 0.0880. The second-order valence-electron chi connectivity index (χ2n) is 6.91. The number of aryl methyl sites for hydroxylation is 1. The number of hydrogen-bond acceptors (Lipinski definition) is 5. The molecule has 2 aromatic rings. The Kier molecular flexibility index (Phi) is 6.04. The van der Waals surface area contributed by atoms with Crippen LogP contribution in [0.2, 0.25) is 0 Å². The molecule has 138 valence electrons. The zero-order chi connectivity index (χ0) is 18.4. The average molecular weight is 353 g/mol. The zero-order valence-corrected chi connectivity index (χ0v) is 15.5. The summed E-state index contributed by atoms with van der Waals surface area (Å²) < 4.78 is 0. The molecule has 0 spiro atoms. The van der Waals surface area contributed by atoms with E-state index in [-0.39, 0.29) is 5.91 Å². The number of nitrogens with zero attached hydrogens (tertiary/aromatic N) is 2. The molecule has 3 rings (SSSR count). The summed E-state index contributed by atoms with van der Waals surface area (Å²) >= 11 is 0. The molecule has 1 fully saturated rings. The molecular weight excluding hydrogens is 326 g/mol. The predicted octanol–water partition coefficient (Wildman–Crippen LogP) is 4.62. The molecule has 1 saturated carbocycles. The molecule has 6 heteroatoms. The van der Waals surface area contributed by atoms with Gasteiger partial charge in [-0.1, -0.05) is 31.7 Å². The fourth-order valence-electron chi connectivity index (χ4n) is 3.36. The first kappa shape index (κ1) is 18.2. The highest BCUT2D eigenvalue weighted by Gasteiger charge is 2.13. The van der Waals surface area contributed by atoms with Crippen LogP contribution in [-0.2, 0) is 4.79 Å². The Balaban J connectivity index is 1.72. The molecule has 1 aliphatic carbocycles. The van der Waals surface area contributed by atoms with E-state index in [4.69, 9.17) is 0 Å². The lowest BCUT2D eigenvalue weighted by molar-refractivity contribution is -0.114. The van der Waals surface area contributed by atoms with E-state index in [1.165, 1.54) is 45.4 Å². The second kappa shape index (κ2) is 8.65. The number of carbonyl (C=O) groups excluding carboxylic acids is 1. The number of hydrogen-bond donors (Lipinski definition) is 3. The highest BCUT2D eigenvalue weighted by atomic mass is 16.1. The molecule has 0 radical (unpaired) electrons. The lowest BCUT2D eigenvalue weighted by atomic mass is 10.1. The van der Waals surface area contributed by atoms with Gasteiger partial charge in [0.15, 0.2) is 0 Å². The molecule has 26 heavy (non-hydrogen) atoms. The van der Waals surface area contributed by atoms with E-state index >= 15 is 0 Å². The number of amides is 1. The van der Waals surface area contributed by atoms with E-state index in [1.807, 2.05) is 37.3 Å². The molecule has 0 bridgehead atoms. The Morgan fingerprint density at radius 3 is 2.42 bits per heavy atom. The quantitative estimate of drug-likeness (QED) is 0.684. The highest BCUT2D eigenvalue weighted by molar-refractivity contribution is 5.89. The monoisotopic (exact) mass is 353 g/mol. The van der Waals surface area contributed by atoms with Crippen molar-refractivity contribution in [3.8, 4) is 0 Å². The van der Waals surface area contributed by atoms with Gasteiger partial charge < -0.3 is 16.0 Å². The third-order valence-corrected chi connectivity index (χ3v) is 4.50. The molecule has 6 nitrogen and oxygen atoms in total.